The zero-order chi connectivity index (χ0) is 18.9. The Morgan fingerprint density at radius 1 is 1.04 bits per heavy atom. The summed E-state index contributed by atoms with van der Waals surface area (Å²) in [4.78, 5) is 12.0. The van der Waals surface area contributed by atoms with Gasteiger partial charge in [0.25, 0.3) is 0 Å². The molecular formula is C20H26N2O4. The van der Waals surface area contributed by atoms with E-state index in [-0.39, 0.29) is 17.8 Å². The second kappa shape index (κ2) is 9.56. The van der Waals surface area contributed by atoms with Crippen LogP contribution in [0, 0.1) is 0 Å². The highest BCUT2D eigenvalue weighted by Crippen LogP contribution is 2.27. The molecule has 1 atom stereocenters. The number of rotatable bonds is 8. The highest BCUT2D eigenvalue weighted by molar-refractivity contribution is 5.74. The second-order valence-electron chi connectivity index (χ2n) is 6.12. The van der Waals surface area contributed by atoms with Crippen molar-refractivity contribution in [2.45, 2.75) is 32.4 Å². The van der Waals surface area contributed by atoms with E-state index >= 15 is 0 Å². The topological polar surface area (TPSA) is 79.8 Å². The highest BCUT2D eigenvalue weighted by Gasteiger charge is 2.09. The number of hydrogen-bond acceptors (Lipinski definition) is 4. The van der Waals surface area contributed by atoms with Gasteiger partial charge in [-0.05, 0) is 55.2 Å². The number of hydrogen-bond donors (Lipinski definition) is 3. The van der Waals surface area contributed by atoms with Crippen molar-refractivity contribution in [2.24, 2.45) is 0 Å². The second-order valence-corrected chi connectivity index (χ2v) is 6.12. The van der Waals surface area contributed by atoms with E-state index in [1.165, 1.54) is 0 Å². The molecule has 0 spiro atoms. The van der Waals surface area contributed by atoms with E-state index in [9.17, 15) is 9.90 Å². The number of aromatic hydroxyl groups is 1. The first kappa shape index (κ1) is 19.4. The molecule has 0 aliphatic carbocycles. The molecule has 0 aliphatic rings. The number of carbonyl (C=O) groups excluding carboxylic acids is 1. The average molecular weight is 358 g/mol. The molecule has 0 bridgehead atoms. The molecule has 0 fully saturated rings. The van der Waals surface area contributed by atoms with Crippen molar-refractivity contribution in [1.29, 1.82) is 0 Å². The van der Waals surface area contributed by atoms with Gasteiger partial charge in [-0.15, -0.1) is 0 Å². The first-order valence-electron chi connectivity index (χ1n) is 8.55. The first-order valence-corrected chi connectivity index (χ1v) is 8.55. The fourth-order valence-electron chi connectivity index (χ4n) is 2.57. The maximum Gasteiger partial charge on any atom is 0.315 e. The van der Waals surface area contributed by atoms with E-state index in [0.717, 1.165) is 24.0 Å². The Balaban J connectivity index is 1.76. The lowest BCUT2D eigenvalue weighted by Gasteiger charge is -2.15. The van der Waals surface area contributed by atoms with E-state index in [1.54, 1.807) is 26.4 Å². The molecule has 0 unspecified atom stereocenters. The van der Waals surface area contributed by atoms with Crippen molar-refractivity contribution >= 4 is 6.03 Å². The van der Waals surface area contributed by atoms with E-state index in [0.29, 0.717) is 18.0 Å². The number of carbonyl (C=O) groups is 1. The lowest BCUT2D eigenvalue weighted by Crippen LogP contribution is -2.40. The smallest absolute Gasteiger partial charge is 0.315 e. The average Bonchev–Trinajstić information content (AvgIpc) is 2.65. The molecule has 0 aliphatic heterocycles. The van der Waals surface area contributed by atoms with Crippen LogP contribution >= 0.6 is 0 Å². The van der Waals surface area contributed by atoms with Crippen LogP contribution in [0.5, 0.6) is 17.2 Å². The molecule has 3 N–H and O–H groups in total. The third-order valence-electron chi connectivity index (χ3n) is 4.08. The van der Waals surface area contributed by atoms with Crippen molar-refractivity contribution in [2.75, 3.05) is 14.2 Å². The minimum Gasteiger partial charge on any atom is -0.508 e. The van der Waals surface area contributed by atoms with Crippen molar-refractivity contribution in [3.05, 3.63) is 53.6 Å². The lowest BCUT2D eigenvalue weighted by molar-refractivity contribution is 0.237. The lowest BCUT2D eigenvalue weighted by atomic mass is 10.1. The van der Waals surface area contributed by atoms with Gasteiger partial charge in [0.15, 0.2) is 11.5 Å². The summed E-state index contributed by atoms with van der Waals surface area (Å²) < 4.78 is 10.5. The summed E-state index contributed by atoms with van der Waals surface area (Å²) in [6, 6.07) is 12.5. The Hall–Kier alpha value is -2.89. The van der Waals surface area contributed by atoms with Gasteiger partial charge in [-0.25, -0.2) is 4.79 Å². The van der Waals surface area contributed by atoms with E-state index < -0.39 is 0 Å². The van der Waals surface area contributed by atoms with Crippen molar-refractivity contribution in [3.8, 4) is 17.2 Å². The molecule has 26 heavy (non-hydrogen) atoms. The third kappa shape index (κ3) is 5.88. The van der Waals surface area contributed by atoms with Crippen LogP contribution in [0.4, 0.5) is 4.79 Å². The summed E-state index contributed by atoms with van der Waals surface area (Å²) in [5.41, 5.74) is 2.05. The standard InChI is InChI=1S/C20H26N2O4/c1-14(4-5-15-6-9-17(23)10-7-15)22-20(24)21-13-16-8-11-18(25-2)19(12-16)26-3/h6-12,14,23H,4-5,13H2,1-3H3,(H2,21,22,24)/t14-/m1/s1. The van der Waals surface area contributed by atoms with Crippen LogP contribution in [0.2, 0.25) is 0 Å². The fourth-order valence-corrected chi connectivity index (χ4v) is 2.57. The number of phenols is 1. The summed E-state index contributed by atoms with van der Waals surface area (Å²) in [5.74, 6) is 1.55. The maximum atomic E-state index is 12.0. The molecule has 0 radical (unpaired) electrons. The first-order chi connectivity index (χ1) is 12.5. The van der Waals surface area contributed by atoms with Crippen LogP contribution in [0.15, 0.2) is 42.5 Å². The largest absolute Gasteiger partial charge is 0.508 e. The molecule has 2 aromatic rings. The molecule has 0 aromatic heterocycles. The summed E-state index contributed by atoms with van der Waals surface area (Å²) in [7, 11) is 3.17. The van der Waals surface area contributed by atoms with Gasteiger partial charge >= 0.3 is 6.03 Å². The zero-order valence-corrected chi connectivity index (χ0v) is 15.4. The number of urea groups is 1. The minimum atomic E-state index is -0.210. The Kier molecular flexibility index (Phi) is 7.14. The van der Waals surface area contributed by atoms with Crippen LogP contribution in [0.25, 0.3) is 0 Å². The van der Waals surface area contributed by atoms with Gasteiger partial charge < -0.3 is 25.2 Å². The van der Waals surface area contributed by atoms with Gasteiger partial charge in [-0.3, -0.25) is 0 Å². The van der Waals surface area contributed by atoms with Crippen LogP contribution in [-0.4, -0.2) is 31.4 Å². The number of amides is 2. The van der Waals surface area contributed by atoms with Crippen LogP contribution in [-0.2, 0) is 13.0 Å². The maximum absolute atomic E-state index is 12.0. The molecule has 140 valence electrons. The summed E-state index contributed by atoms with van der Waals surface area (Å²) >= 11 is 0. The van der Waals surface area contributed by atoms with Crippen molar-refractivity contribution in [3.63, 3.8) is 0 Å². The third-order valence-corrected chi connectivity index (χ3v) is 4.08. The Morgan fingerprint density at radius 2 is 1.69 bits per heavy atom. The van der Waals surface area contributed by atoms with Gasteiger partial charge in [0.05, 0.1) is 14.2 Å². The van der Waals surface area contributed by atoms with E-state index in [1.807, 2.05) is 37.3 Å². The van der Waals surface area contributed by atoms with Gasteiger partial charge in [-0.2, -0.15) is 0 Å². The summed E-state index contributed by atoms with van der Waals surface area (Å²) in [5, 5.41) is 15.1. The van der Waals surface area contributed by atoms with Gasteiger partial charge in [0.1, 0.15) is 5.75 Å². The molecule has 0 saturated carbocycles. The molecule has 2 amide bonds. The van der Waals surface area contributed by atoms with E-state index in [2.05, 4.69) is 10.6 Å². The summed E-state index contributed by atoms with van der Waals surface area (Å²) in [6.07, 6.45) is 1.64. The zero-order valence-electron chi connectivity index (χ0n) is 15.4. The Morgan fingerprint density at radius 3 is 2.35 bits per heavy atom. The molecule has 0 saturated heterocycles. The Labute approximate surface area is 154 Å². The fraction of sp³-hybridized carbons (Fsp3) is 0.350. The minimum absolute atomic E-state index is 0.0363. The molecule has 2 aromatic carbocycles. The SMILES string of the molecule is COc1ccc(CNC(=O)N[C@H](C)CCc2ccc(O)cc2)cc1OC. The summed E-state index contributed by atoms with van der Waals surface area (Å²) in [6.45, 7) is 2.37. The van der Waals surface area contributed by atoms with Crippen molar-refractivity contribution < 1.29 is 19.4 Å². The molecular weight excluding hydrogens is 332 g/mol. The number of benzene rings is 2. The van der Waals surface area contributed by atoms with Gasteiger partial charge in [0, 0.05) is 12.6 Å². The van der Waals surface area contributed by atoms with E-state index in [4.69, 9.17) is 9.47 Å². The normalized spacial score (nSPS) is 11.5. The number of methoxy groups -OCH3 is 2. The van der Waals surface area contributed by atoms with Gasteiger partial charge in [-0.1, -0.05) is 18.2 Å². The molecule has 6 heteroatoms. The number of ether oxygens (including phenoxy) is 2. The monoisotopic (exact) mass is 358 g/mol. The van der Waals surface area contributed by atoms with Crippen LogP contribution in [0.3, 0.4) is 0 Å². The van der Waals surface area contributed by atoms with Crippen LogP contribution in [0.1, 0.15) is 24.5 Å². The van der Waals surface area contributed by atoms with Gasteiger partial charge in [0.2, 0.25) is 0 Å². The highest BCUT2D eigenvalue weighted by atomic mass is 16.5. The Bertz CT molecular complexity index is 716. The van der Waals surface area contributed by atoms with Crippen LogP contribution < -0.4 is 20.1 Å². The number of nitrogens with one attached hydrogen (secondary N) is 2. The number of phenolic OH excluding ortho intramolecular Hbond substituents is 1. The number of aryl methyl sites for hydroxylation is 1. The van der Waals surface area contributed by atoms with Crippen molar-refractivity contribution in [1.82, 2.24) is 10.6 Å². The predicted octanol–water partition coefficient (Wildman–Crippen LogP) is 3.23. The molecule has 0 heterocycles. The predicted molar refractivity (Wildman–Crippen MR) is 101 cm³/mol. The molecule has 6 nitrogen and oxygen atoms in total. The quantitative estimate of drug-likeness (QED) is 0.677. The molecule has 2 rings (SSSR count).